The first-order chi connectivity index (χ1) is 9.56. The maximum Gasteiger partial charge on any atom is 0.127 e. The number of hydrogen-bond acceptors (Lipinski definition) is 4. The predicted molar refractivity (Wildman–Crippen MR) is 81.7 cm³/mol. The Hall–Kier alpha value is -1.52. The van der Waals surface area contributed by atoms with Crippen LogP contribution in [-0.4, -0.2) is 18.3 Å². The fourth-order valence-corrected chi connectivity index (χ4v) is 3.35. The number of phenolic OH excluding ortho intramolecular Hbond substituents is 1. The first-order valence-corrected chi connectivity index (χ1v) is 7.67. The molecule has 1 aromatic heterocycles. The second kappa shape index (κ2) is 5.11. The van der Waals surface area contributed by atoms with E-state index >= 15 is 0 Å². The van der Waals surface area contributed by atoms with Gasteiger partial charge in [-0.3, -0.25) is 0 Å². The second-order valence-electron chi connectivity index (χ2n) is 5.83. The zero-order valence-corrected chi connectivity index (χ0v) is 12.5. The van der Waals surface area contributed by atoms with Gasteiger partial charge in [-0.2, -0.15) is 0 Å². The summed E-state index contributed by atoms with van der Waals surface area (Å²) < 4.78 is 5.63. The Balaban J connectivity index is 1.69. The summed E-state index contributed by atoms with van der Waals surface area (Å²) in [6.45, 7) is 6.01. The molecule has 0 saturated carbocycles. The highest BCUT2D eigenvalue weighted by atomic mass is 32.1. The van der Waals surface area contributed by atoms with Crippen molar-refractivity contribution in [2.24, 2.45) is 0 Å². The van der Waals surface area contributed by atoms with Crippen molar-refractivity contribution in [2.75, 3.05) is 13.2 Å². The fourth-order valence-electron chi connectivity index (χ4n) is 2.50. The summed E-state index contributed by atoms with van der Waals surface area (Å²) in [7, 11) is 0. The van der Waals surface area contributed by atoms with Crippen LogP contribution < -0.4 is 10.1 Å². The van der Waals surface area contributed by atoms with E-state index in [0.717, 1.165) is 17.9 Å². The Morgan fingerprint density at radius 2 is 2.25 bits per heavy atom. The average molecular weight is 289 g/mol. The van der Waals surface area contributed by atoms with E-state index in [2.05, 4.69) is 36.7 Å². The van der Waals surface area contributed by atoms with Gasteiger partial charge in [0.1, 0.15) is 18.1 Å². The quantitative estimate of drug-likeness (QED) is 0.905. The molecular weight excluding hydrogens is 270 g/mol. The summed E-state index contributed by atoms with van der Waals surface area (Å²) in [6, 6.07) is 9.81. The van der Waals surface area contributed by atoms with Gasteiger partial charge in [0.15, 0.2) is 0 Å². The molecule has 2 heterocycles. The number of phenols is 1. The van der Waals surface area contributed by atoms with Crippen molar-refractivity contribution in [2.45, 2.75) is 25.3 Å². The number of benzene rings is 1. The molecule has 0 bridgehead atoms. The Kier molecular flexibility index (Phi) is 3.44. The molecule has 2 N–H and O–H groups in total. The molecule has 0 spiro atoms. The largest absolute Gasteiger partial charge is 0.508 e. The Labute approximate surface area is 123 Å². The van der Waals surface area contributed by atoms with E-state index in [1.165, 1.54) is 4.88 Å². The number of fused-ring (bicyclic) bond motifs is 1. The van der Waals surface area contributed by atoms with Crippen LogP contribution in [0.25, 0.3) is 0 Å². The molecule has 3 rings (SSSR count). The topological polar surface area (TPSA) is 41.5 Å². The number of thiophene rings is 1. The van der Waals surface area contributed by atoms with Crippen molar-refractivity contribution in [1.82, 2.24) is 5.32 Å². The van der Waals surface area contributed by atoms with Crippen molar-refractivity contribution < 1.29 is 9.84 Å². The minimum Gasteiger partial charge on any atom is -0.508 e. The summed E-state index contributed by atoms with van der Waals surface area (Å²) in [5.74, 6) is 1.04. The van der Waals surface area contributed by atoms with Crippen LogP contribution in [0.1, 0.15) is 30.3 Å². The summed E-state index contributed by atoms with van der Waals surface area (Å²) in [4.78, 5) is 1.38. The number of rotatable bonds is 4. The van der Waals surface area contributed by atoms with Crippen LogP contribution in [0.15, 0.2) is 35.7 Å². The lowest BCUT2D eigenvalue weighted by atomic mass is 9.91. The van der Waals surface area contributed by atoms with Crippen molar-refractivity contribution >= 4 is 11.3 Å². The SMILES string of the molecule is CC(C)(CNC1COc2cc(O)ccc21)c1cccs1. The highest BCUT2D eigenvalue weighted by Gasteiger charge is 2.28. The molecule has 1 aliphatic heterocycles. The number of nitrogens with one attached hydrogen (secondary N) is 1. The molecule has 0 amide bonds. The summed E-state index contributed by atoms with van der Waals surface area (Å²) in [6.07, 6.45) is 0. The molecule has 0 radical (unpaired) electrons. The van der Waals surface area contributed by atoms with Crippen LogP contribution in [0.2, 0.25) is 0 Å². The van der Waals surface area contributed by atoms with E-state index in [1.807, 2.05) is 6.07 Å². The molecule has 1 atom stereocenters. The Bertz CT molecular complexity index is 593. The molecule has 0 fully saturated rings. The third-order valence-corrected chi connectivity index (χ3v) is 4.99. The van der Waals surface area contributed by atoms with E-state index in [9.17, 15) is 5.11 Å². The lowest BCUT2D eigenvalue weighted by molar-refractivity contribution is 0.300. The Morgan fingerprint density at radius 3 is 3.00 bits per heavy atom. The standard InChI is InChI=1S/C16H19NO2S/c1-16(2,15-4-3-7-20-15)10-17-13-9-19-14-8-11(18)5-6-12(13)14/h3-8,13,17-18H,9-10H2,1-2H3. The van der Waals surface area contributed by atoms with E-state index < -0.39 is 0 Å². The Morgan fingerprint density at radius 1 is 1.40 bits per heavy atom. The van der Waals surface area contributed by atoms with Crippen LogP contribution >= 0.6 is 11.3 Å². The normalized spacial score (nSPS) is 17.8. The predicted octanol–water partition coefficient (Wildman–Crippen LogP) is 3.45. The minimum atomic E-state index is 0.105. The van der Waals surface area contributed by atoms with E-state index in [-0.39, 0.29) is 17.2 Å². The highest BCUT2D eigenvalue weighted by molar-refractivity contribution is 7.10. The molecule has 4 heteroatoms. The van der Waals surface area contributed by atoms with Gasteiger partial charge in [0.25, 0.3) is 0 Å². The molecular formula is C16H19NO2S. The van der Waals surface area contributed by atoms with Crippen LogP contribution in [0.5, 0.6) is 11.5 Å². The highest BCUT2D eigenvalue weighted by Crippen LogP contribution is 2.35. The zero-order chi connectivity index (χ0) is 14.2. The van der Waals surface area contributed by atoms with Gasteiger partial charge in [0, 0.05) is 28.5 Å². The monoisotopic (exact) mass is 289 g/mol. The van der Waals surface area contributed by atoms with Crippen LogP contribution in [0.4, 0.5) is 0 Å². The van der Waals surface area contributed by atoms with Gasteiger partial charge in [0.05, 0.1) is 6.04 Å². The molecule has 1 unspecified atom stereocenters. The minimum absolute atomic E-state index is 0.105. The number of aromatic hydroxyl groups is 1. The van der Waals surface area contributed by atoms with Crippen molar-refractivity contribution in [3.63, 3.8) is 0 Å². The lowest BCUT2D eigenvalue weighted by Crippen LogP contribution is -2.35. The zero-order valence-electron chi connectivity index (χ0n) is 11.7. The maximum absolute atomic E-state index is 9.47. The maximum atomic E-state index is 9.47. The number of ether oxygens (including phenoxy) is 1. The number of hydrogen-bond donors (Lipinski definition) is 2. The molecule has 0 aliphatic carbocycles. The second-order valence-corrected chi connectivity index (χ2v) is 6.78. The third kappa shape index (κ3) is 2.53. The summed E-state index contributed by atoms with van der Waals surface area (Å²) >= 11 is 1.80. The third-order valence-electron chi connectivity index (χ3n) is 3.76. The molecule has 0 saturated heterocycles. The molecule has 20 heavy (non-hydrogen) atoms. The first-order valence-electron chi connectivity index (χ1n) is 6.79. The van der Waals surface area contributed by atoms with E-state index in [1.54, 1.807) is 23.5 Å². The first kappa shape index (κ1) is 13.5. The van der Waals surface area contributed by atoms with Gasteiger partial charge >= 0.3 is 0 Å². The van der Waals surface area contributed by atoms with E-state index in [0.29, 0.717) is 6.61 Å². The lowest BCUT2D eigenvalue weighted by Gasteiger charge is -2.25. The van der Waals surface area contributed by atoms with Crippen LogP contribution in [-0.2, 0) is 5.41 Å². The van der Waals surface area contributed by atoms with Crippen LogP contribution in [0, 0.1) is 0 Å². The molecule has 3 nitrogen and oxygen atoms in total. The van der Waals surface area contributed by atoms with Crippen molar-refractivity contribution in [1.29, 1.82) is 0 Å². The van der Waals surface area contributed by atoms with Gasteiger partial charge in [-0.15, -0.1) is 11.3 Å². The smallest absolute Gasteiger partial charge is 0.127 e. The van der Waals surface area contributed by atoms with Gasteiger partial charge in [-0.05, 0) is 23.6 Å². The molecule has 106 valence electrons. The van der Waals surface area contributed by atoms with Crippen molar-refractivity contribution in [3.8, 4) is 11.5 Å². The fraction of sp³-hybridized carbons (Fsp3) is 0.375. The van der Waals surface area contributed by atoms with Crippen molar-refractivity contribution in [3.05, 3.63) is 46.2 Å². The molecule has 2 aromatic rings. The van der Waals surface area contributed by atoms with E-state index in [4.69, 9.17) is 4.74 Å². The van der Waals surface area contributed by atoms with Gasteiger partial charge in [0.2, 0.25) is 0 Å². The van der Waals surface area contributed by atoms with Gasteiger partial charge in [-0.1, -0.05) is 19.9 Å². The summed E-state index contributed by atoms with van der Waals surface area (Å²) in [5.41, 5.74) is 1.23. The average Bonchev–Trinajstić information content (AvgIpc) is 3.06. The molecule has 1 aliphatic rings. The van der Waals surface area contributed by atoms with Crippen LogP contribution in [0.3, 0.4) is 0 Å². The van der Waals surface area contributed by atoms with Gasteiger partial charge < -0.3 is 15.2 Å². The van der Waals surface area contributed by atoms with Gasteiger partial charge in [-0.25, -0.2) is 0 Å². The molecule has 1 aromatic carbocycles. The summed E-state index contributed by atoms with van der Waals surface area (Å²) in [5, 5.41) is 15.2.